The van der Waals surface area contributed by atoms with Crippen LogP contribution in [0.25, 0.3) is 10.9 Å². The molecule has 0 radical (unpaired) electrons. The summed E-state index contributed by atoms with van der Waals surface area (Å²) >= 11 is 0. The predicted molar refractivity (Wildman–Crippen MR) is 145 cm³/mol. The molecule has 39 heavy (non-hydrogen) atoms. The Hall–Kier alpha value is -4.06. The third kappa shape index (κ3) is 5.42. The summed E-state index contributed by atoms with van der Waals surface area (Å²) in [7, 11) is 3.45. The van der Waals surface area contributed by atoms with E-state index in [2.05, 4.69) is 40.0 Å². The summed E-state index contributed by atoms with van der Waals surface area (Å²) in [4.78, 5) is 38.9. The molecule has 5 rings (SSSR count). The highest BCUT2D eigenvalue weighted by atomic mass is 19.1. The van der Waals surface area contributed by atoms with Gasteiger partial charge >= 0.3 is 0 Å². The van der Waals surface area contributed by atoms with Crippen molar-refractivity contribution in [3.05, 3.63) is 53.1 Å². The monoisotopic (exact) mass is 536 g/mol. The normalized spacial score (nSPS) is 17.2. The number of carbonyl (C=O) groups is 2. The van der Waals surface area contributed by atoms with Crippen LogP contribution in [0.5, 0.6) is 0 Å². The van der Waals surface area contributed by atoms with E-state index < -0.39 is 11.7 Å². The van der Waals surface area contributed by atoms with Crippen LogP contribution in [0, 0.1) is 6.92 Å². The number of nitrogens with zero attached hydrogens (tertiary/aromatic N) is 6. The van der Waals surface area contributed by atoms with Crippen molar-refractivity contribution in [3.8, 4) is 0 Å². The minimum Gasteiger partial charge on any atom is -0.368 e. The third-order valence-electron chi connectivity index (χ3n) is 7.30. The van der Waals surface area contributed by atoms with Gasteiger partial charge < -0.3 is 24.8 Å². The first kappa shape index (κ1) is 26.5. The van der Waals surface area contributed by atoms with Crippen molar-refractivity contribution >= 4 is 34.5 Å². The van der Waals surface area contributed by atoms with E-state index in [-0.39, 0.29) is 12.0 Å². The number of aromatic nitrogens is 4. The van der Waals surface area contributed by atoms with Crippen LogP contribution in [0.15, 0.2) is 30.7 Å². The molecule has 2 N–H and O–H groups in total. The second kappa shape index (κ2) is 11.0. The van der Waals surface area contributed by atoms with Gasteiger partial charge in [0.15, 0.2) is 5.83 Å². The zero-order chi connectivity index (χ0) is 27.7. The molecular weight excluding hydrogens is 503 g/mol. The minimum absolute atomic E-state index is 0.00747. The van der Waals surface area contributed by atoms with E-state index in [0.29, 0.717) is 58.1 Å². The number of amides is 2. The summed E-state index contributed by atoms with van der Waals surface area (Å²) < 4.78 is 19.8. The molecule has 2 aliphatic rings. The summed E-state index contributed by atoms with van der Waals surface area (Å²) in [6.45, 7) is 7.58. The Balaban J connectivity index is 1.43. The van der Waals surface area contributed by atoms with Crippen molar-refractivity contribution in [2.75, 3.05) is 57.0 Å². The van der Waals surface area contributed by atoms with E-state index in [4.69, 9.17) is 14.7 Å². The van der Waals surface area contributed by atoms with Crippen LogP contribution in [0.1, 0.15) is 34.9 Å². The summed E-state index contributed by atoms with van der Waals surface area (Å²) in [6, 6.07) is 4.07. The largest absolute Gasteiger partial charge is 0.368 e. The summed E-state index contributed by atoms with van der Waals surface area (Å²) in [6.07, 6.45) is 2.46. The number of hydrogen-bond donors (Lipinski definition) is 2. The van der Waals surface area contributed by atoms with Gasteiger partial charge in [0.25, 0.3) is 5.91 Å². The zero-order valence-electron chi connectivity index (χ0n) is 22.5. The first-order valence-corrected chi connectivity index (χ1v) is 13.0. The first-order valence-electron chi connectivity index (χ1n) is 13.0. The standard InChI is InChI=1S/C27H33FN8O3/c1-16-5-6-20-18(14-30-33-20)24(16)22-13-21-19(15-39-22)25(32-27(31-21)29-8-7-23(37)34(3)4)35-9-11-36(12-10-35)26(38)17(2)28/h5-6,14,22H,2,7-13,15H2,1,3-4H3,(H,30,33)(H,29,31,32). The lowest BCUT2D eigenvalue weighted by molar-refractivity contribution is -0.129. The molecule has 1 unspecified atom stereocenters. The molecule has 0 aliphatic carbocycles. The molecule has 0 spiro atoms. The van der Waals surface area contributed by atoms with Crippen molar-refractivity contribution in [2.24, 2.45) is 0 Å². The Kier molecular flexibility index (Phi) is 7.47. The Labute approximate surface area is 226 Å². The van der Waals surface area contributed by atoms with Gasteiger partial charge in [-0.05, 0) is 24.1 Å². The molecule has 2 aliphatic heterocycles. The van der Waals surface area contributed by atoms with E-state index in [9.17, 15) is 14.0 Å². The number of rotatable bonds is 7. The molecule has 2 amide bonds. The second-order valence-corrected chi connectivity index (χ2v) is 10.1. The van der Waals surface area contributed by atoms with Crippen molar-refractivity contribution in [3.63, 3.8) is 0 Å². The molecule has 11 nitrogen and oxygen atoms in total. The number of nitrogens with one attached hydrogen (secondary N) is 2. The van der Waals surface area contributed by atoms with Gasteiger partial charge in [-0.1, -0.05) is 12.6 Å². The molecule has 2 aromatic heterocycles. The van der Waals surface area contributed by atoms with Gasteiger partial charge in [-0.25, -0.2) is 9.37 Å². The Morgan fingerprint density at radius 2 is 2.00 bits per heavy atom. The third-order valence-corrected chi connectivity index (χ3v) is 7.30. The maximum absolute atomic E-state index is 13.4. The number of H-pyrrole nitrogens is 1. The lowest BCUT2D eigenvalue weighted by Crippen LogP contribution is -2.49. The van der Waals surface area contributed by atoms with Crippen LogP contribution in [-0.2, 0) is 27.4 Å². The average molecular weight is 537 g/mol. The molecule has 1 saturated heterocycles. The lowest BCUT2D eigenvalue weighted by atomic mass is 9.93. The van der Waals surface area contributed by atoms with E-state index in [1.54, 1.807) is 19.0 Å². The Morgan fingerprint density at radius 3 is 2.72 bits per heavy atom. The molecule has 4 heterocycles. The van der Waals surface area contributed by atoms with Crippen molar-refractivity contribution < 1.29 is 18.7 Å². The van der Waals surface area contributed by atoms with Gasteiger partial charge in [-0.2, -0.15) is 10.1 Å². The van der Waals surface area contributed by atoms with Gasteiger partial charge in [0.2, 0.25) is 11.9 Å². The number of aryl methyl sites for hydroxylation is 1. The maximum atomic E-state index is 13.4. The summed E-state index contributed by atoms with van der Waals surface area (Å²) in [5.41, 5.74) is 4.91. The van der Waals surface area contributed by atoms with Crippen LogP contribution in [0.3, 0.4) is 0 Å². The number of fused-ring (bicyclic) bond motifs is 2. The average Bonchev–Trinajstić information content (AvgIpc) is 3.40. The van der Waals surface area contributed by atoms with E-state index in [0.717, 1.165) is 39.1 Å². The fourth-order valence-corrected chi connectivity index (χ4v) is 5.15. The van der Waals surface area contributed by atoms with Gasteiger partial charge in [0, 0.05) is 70.6 Å². The first-order chi connectivity index (χ1) is 18.7. The zero-order valence-corrected chi connectivity index (χ0v) is 22.5. The fourth-order valence-electron chi connectivity index (χ4n) is 5.15. The van der Waals surface area contributed by atoms with Crippen molar-refractivity contribution in [1.82, 2.24) is 30.0 Å². The summed E-state index contributed by atoms with van der Waals surface area (Å²) in [5.74, 6) is -0.464. The summed E-state index contributed by atoms with van der Waals surface area (Å²) in [5, 5.41) is 11.5. The SMILES string of the molecule is C=C(F)C(=O)N1CCN(c2nc(NCCC(=O)N(C)C)nc3c2COC(c2c(C)ccc4[nH]ncc24)C3)CC1. The lowest BCUT2D eigenvalue weighted by Gasteiger charge is -2.37. The number of carbonyl (C=O) groups excluding carboxylic acids is 2. The number of halogens is 1. The van der Waals surface area contributed by atoms with Gasteiger partial charge in [-0.3, -0.25) is 14.7 Å². The predicted octanol–water partition coefficient (Wildman–Crippen LogP) is 2.50. The number of piperazine rings is 1. The highest BCUT2D eigenvalue weighted by molar-refractivity contribution is 5.90. The van der Waals surface area contributed by atoms with Crippen LogP contribution in [0.4, 0.5) is 16.2 Å². The molecule has 1 fully saturated rings. The van der Waals surface area contributed by atoms with Crippen molar-refractivity contribution in [2.45, 2.75) is 32.5 Å². The smallest absolute Gasteiger partial charge is 0.282 e. The molecule has 12 heteroatoms. The molecule has 0 bridgehead atoms. The highest BCUT2D eigenvalue weighted by Gasteiger charge is 2.31. The van der Waals surface area contributed by atoms with Gasteiger partial charge in [0.05, 0.1) is 30.1 Å². The van der Waals surface area contributed by atoms with E-state index in [1.165, 1.54) is 4.90 Å². The quantitative estimate of drug-likeness (QED) is 0.442. The number of aromatic amines is 1. The number of ether oxygens (including phenoxy) is 1. The van der Waals surface area contributed by atoms with Gasteiger partial charge in [-0.15, -0.1) is 0 Å². The van der Waals surface area contributed by atoms with Gasteiger partial charge in [0.1, 0.15) is 5.82 Å². The Bertz CT molecular complexity index is 1410. The van der Waals surface area contributed by atoms with Crippen LogP contribution < -0.4 is 10.2 Å². The van der Waals surface area contributed by atoms with Crippen LogP contribution in [0.2, 0.25) is 0 Å². The molecular formula is C27H33FN8O3. The number of hydrogen-bond acceptors (Lipinski definition) is 8. The minimum atomic E-state index is -0.955. The molecule has 3 aromatic rings. The highest BCUT2D eigenvalue weighted by Crippen LogP contribution is 2.38. The fraction of sp³-hybridized carbons (Fsp3) is 0.444. The second-order valence-electron chi connectivity index (χ2n) is 10.1. The molecule has 206 valence electrons. The van der Waals surface area contributed by atoms with Crippen molar-refractivity contribution in [1.29, 1.82) is 0 Å². The maximum Gasteiger partial charge on any atom is 0.282 e. The van der Waals surface area contributed by atoms with Crippen LogP contribution in [-0.4, -0.2) is 88.6 Å². The van der Waals surface area contributed by atoms with Crippen LogP contribution >= 0.6 is 0 Å². The molecule has 1 aromatic carbocycles. The number of anilines is 2. The van der Waals surface area contributed by atoms with E-state index in [1.807, 2.05) is 12.3 Å². The number of benzene rings is 1. The molecule has 0 saturated carbocycles. The Morgan fingerprint density at radius 1 is 1.23 bits per heavy atom. The molecule has 1 atom stereocenters. The van der Waals surface area contributed by atoms with E-state index >= 15 is 0 Å². The topological polar surface area (TPSA) is 120 Å².